The Morgan fingerprint density at radius 3 is 2.37 bits per heavy atom. The van der Waals surface area contributed by atoms with Gasteiger partial charge in [0.1, 0.15) is 11.6 Å². The summed E-state index contributed by atoms with van der Waals surface area (Å²) in [4.78, 5) is 9.95. The summed E-state index contributed by atoms with van der Waals surface area (Å²) in [7, 11) is 0. The first-order valence-electron chi connectivity index (χ1n) is 5.48. The van der Waals surface area contributed by atoms with Gasteiger partial charge < -0.3 is 5.32 Å². The molecule has 0 unspecified atom stereocenters. The highest BCUT2D eigenvalue weighted by molar-refractivity contribution is 5.44. The van der Waals surface area contributed by atoms with Gasteiger partial charge in [0.05, 0.1) is 11.0 Å². The third-order valence-electron chi connectivity index (χ3n) is 2.49. The van der Waals surface area contributed by atoms with Crippen molar-refractivity contribution in [3.63, 3.8) is 0 Å². The molecule has 0 spiro atoms. The van der Waals surface area contributed by atoms with Crippen molar-refractivity contribution in [1.29, 1.82) is 0 Å². The minimum atomic E-state index is -0.662. The zero-order valence-corrected chi connectivity index (χ0v) is 9.77. The molecular weight excluding hydrogens is 254 g/mol. The summed E-state index contributed by atoms with van der Waals surface area (Å²) in [5.41, 5.74) is 0.792. The fourth-order valence-corrected chi connectivity index (χ4v) is 1.61. The topological polar surface area (TPSA) is 55.2 Å². The van der Waals surface area contributed by atoms with Gasteiger partial charge in [0.15, 0.2) is 0 Å². The van der Waals surface area contributed by atoms with Crippen LogP contribution in [0.1, 0.15) is 5.56 Å². The van der Waals surface area contributed by atoms with Gasteiger partial charge in [-0.2, -0.15) is 0 Å². The molecule has 2 rings (SSSR count). The summed E-state index contributed by atoms with van der Waals surface area (Å²) >= 11 is 0. The second-order valence-electron chi connectivity index (χ2n) is 3.94. The van der Waals surface area contributed by atoms with Crippen molar-refractivity contribution in [2.45, 2.75) is 6.54 Å². The molecule has 0 radical (unpaired) electrons. The van der Waals surface area contributed by atoms with E-state index in [1.54, 1.807) is 0 Å². The average Bonchev–Trinajstić information content (AvgIpc) is 2.37. The third-order valence-corrected chi connectivity index (χ3v) is 2.49. The second kappa shape index (κ2) is 5.43. The summed E-state index contributed by atoms with van der Waals surface area (Å²) in [5.74, 6) is -1.02. The van der Waals surface area contributed by atoms with Crippen LogP contribution >= 0.6 is 0 Å². The fourth-order valence-electron chi connectivity index (χ4n) is 1.61. The molecule has 4 nitrogen and oxygen atoms in total. The SMILES string of the molecule is O=[N+]([O-])c1cc(F)cc(CNc2ccc(F)cc2)c1. The van der Waals surface area contributed by atoms with Gasteiger partial charge in [-0.25, -0.2) is 8.78 Å². The molecule has 0 saturated carbocycles. The van der Waals surface area contributed by atoms with Crippen LogP contribution in [0.5, 0.6) is 0 Å². The largest absolute Gasteiger partial charge is 0.381 e. The van der Waals surface area contributed by atoms with E-state index in [1.807, 2.05) is 0 Å². The van der Waals surface area contributed by atoms with Gasteiger partial charge in [-0.15, -0.1) is 0 Å². The number of non-ortho nitro benzene ring substituents is 1. The number of halogens is 2. The first-order chi connectivity index (χ1) is 9.04. The van der Waals surface area contributed by atoms with E-state index >= 15 is 0 Å². The van der Waals surface area contributed by atoms with E-state index in [-0.39, 0.29) is 18.0 Å². The number of anilines is 1. The van der Waals surface area contributed by atoms with Gasteiger partial charge in [-0.05, 0) is 35.9 Å². The van der Waals surface area contributed by atoms with E-state index < -0.39 is 10.7 Å². The lowest BCUT2D eigenvalue weighted by atomic mass is 10.2. The quantitative estimate of drug-likeness (QED) is 0.679. The standard InChI is InChI=1S/C13H10F2N2O2/c14-10-1-3-12(4-2-10)16-8-9-5-11(15)7-13(6-9)17(18)19/h1-7,16H,8H2. The predicted octanol–water partition coefficient (Wildman–Crippen LogP) is 3.49. The smallest absolute Gasteiger partial charge is 0.272 e. The maximum absolute atomic E-state index is 13.2. The first-order valence-corrected chi connectivity index (χ1v) is 5.48. The molecule has 0 atom stereocenters. The highest BCUT2D eigenvalue weighted by atomic mass is 19.1. The molecule has 0 aliphatic carbocycles. The molecule has 0 amide bonds. The lowest BCUT2D eigenvalue weighted by molar-refractivity contribution is -0.385. The number of nitro benzene ring substituents is 1. The third kappa shape index (κ3) is 3.48. The number of nitrogens with one attached hydrogen (secondary N) is 1. The van der Waals surface area contributed by atoms with Gasteiger partial charge >= 0.3 is 0 Å². The minimum Gasteiger partial charge on any atom is -0.381 e. The lowest BCUT2D eigenvalue weighted by Gasteiger charge is -2.06. The Labute approximate surface area is 107 Å². The zero-order chi connectivity index (χ0) is 13.8. The predicted molar refractivity (Wildman–Crippen MR) is 66.8 cm³/mol. The number of hydrogen-bond acceptors (Lipinski definition) is 3. The van der Waals surface area contributed by atoms with Gasteiger partial charge in [0.25, 0.3) is 5.69 Å². The van der Waals surface area contributed by atoms with Crippen LogP contribution in [0.25, 0.3) is 0 Å². The maximum atomic E-state index is 13.2. The number of rotatable bonds is 4. The molecule has 0 bridgehead atoms. The van der Waals surface area contributed by atoms with Crippen LogP contribution in [0.2, 0.25) is 0 Å². The molecule has 19 heavy (non-hydrogen) atoms. The van der Waals surface area contributed by atoms with Gasteiger partial charge in [0.2, 0.25) is 0 Å². The van der Waals surface area contributed by atoms with E-state index in [2.05, 4.69) is 5.32 Å². The van der Waals surface area contributed by atoms with E-state index in [0.29, 0.717) is 11.3 Å². The van der Waals surface area contributed by atoms with Crippen molar-refractivity contribution >= 4 is 11.4 Å². The maximum Gasteiger partial charge on any atom is 0.272 e. The van der Waals surface area contributed by atoms with Crippen molar-refractivity contribution < 1.29 is 13.7 Å². The summed E-state index contributed by atoms with van der Waals surface area (Å²) < 4.78 is 25.9. The molecule has 2 aromatic carbocycles. The molecule has 0 aliphatic rings. The van der Waals surface area contributed by atoms with Crippen molar-refractivity contribution in [3.05, 3.63) is 69.8 Å². The Balaban J connectivity index is 2.11. The van der Waals surface area contributed by atoms with Crippen LogP contribution in [-0.4, -0.2) is 4.92 Å². The average molecular weight is 264 g/mol. The number of hydrogen-bond donors (Lipinski definition) is 1. The molecule has 0 aromatic heterocycles. The van der Waals surface area contributed by atoms with Gasteiger partial charge in [-0.3, -0.25) is 10.1 Å². The number of benzene rings is 2. The van der Waals surface area contributed by atoms with Crippen molar-refractivity contribution in [1.82, 2.24) is 0 Å². The Bertz CT molecular complexity index is 600. The van der Waals surface area contributed by atoms with Crippen LogP contribution in [0.4, 0.5) is 20.2 Å². The Morgan fingerprint density at radius 2 is 1.74 bits per heavy atom. The van der Waals surface area contributed by atoms with Crippen molar-refractivity contribution in [3.8, 4) is 0 Å². The van der Waals surface area contributed by atoms with Crippen LogP contribution < -0.4 is 5.32 Å². The summed E-state index contributed by atoms with van der Waals surface area (Å²) in [6.07, 6.45) is 0. The minimum absolute atomic E-state index is 0.213. The monoisotopic (exact) mass is 264 g/mol. The van der Waals surface area contributed by atoms with E-state index in [4.69, 9.17) is 0 Å². The van der Waals surface area contributed by atoms with E-state index in [1.165, 1.54) is 36.4 Å². The molecule has 98 valence electrons. The first kappa shape index (κ1) is 12.9. The fraction of sp³-hybridized carbons (Fsp3) is 0.0769. The Morgan fingerprint density at radius 1 is 1.05 bits per heavy atom. The lowest BCUT2D eigenvalue weighted by Crippen LogP contribution is -2.01. The van der Waals surface area contributed by atoms with Crippen LogP contribution in [0, 0.1) is 21.7 Å². The summed E-state index contributed by atoms with van der Waals surface area (Å²) in [5, 5.41) is 13.5. The van der Waals surface area contributed by atoms with Gasteiger partial charge in [-0.1, -0.05) is 0 Å². The molecule has 2 aromatic rings. The Kier molecular flexibility index (Phi) is 3.70. The second-order valence-corrected chi connectivity index (χ2v) is 3.94. The van der Waals surface area contributed by atoms with E-state index in [9.17, 15) is 18.9 Å². The molecular formula is C13H10F2N2O2. The van der Waals surface area contributed by atoms with Crippen LogP contribution in [0.3, 0.4) is 0 Å². The van der Waals surface area contributed by atoms with E-state index in [0.717, 1.165) is 6.07 Å². The molecule has 6 heteroatoms. The Hall–Kier alpha value is -2.50. The highest BCUT2D eigenvalue weighted by Gasteiger charge is 2.09. The molecule has 1 N–H and O–H groups in total. The number of nitrogens with zero attached hydrogens (tertiary/aromatic N) is 1. The summed E-state index contributed by atoms with van der Waals surface area (Å²) in [6, 6.07) is 9.00. The van der Waals surface area contributed by atoms with Crippen LogP contribution in [-0.2, 0) is 6.54 Å². The van der Waals surface area contributed by atoms with Crippen molar-refractivity contribution in [2.75, 3.05) is 5.32 Å². The normalized spacial score (nSPS) is 10.2. The molecule has 0 heterocycles. The highest BCUT2D eigenvalue weighted by Crippen LogP contribution is 2.17. The van der Waals surface area contributed by atoms with Gasteiger partial charge in [0, 0.05) is 18.3 Å². The number of nitro groups is 1. The van der Waals surface area contributed by atoms with Crippen molar-refractivity contribution in [2.24, 2.45) is 0 Å². The molecule has 0 fully saturated rings. The molecule has 0 saturated heterocycles. The van der Waals surface area contributed by atoms with Crippen LogP contribution in [0.15, 0.2) is 42.5 Å². The molecule has 0 aliphatic heterocycles. The zero-order valence-electron chi connectivity index (χ0n) is 9.77. The summed E-state index contributed by atoms with van der Waals surface area (Å²) in [6.45, 7) is 0.213.